The van der Waals surface area contributed by atoms with Gasteiger partial charge in [-0.15, -0.1) is 0 Å². The molecule has 0 radical (unpaired) electrons. The van der Waals surface area contributed by atoms with Gasteiger partial charge in [0.2, 0.25) is 0 Å². The van der Waals surface area contributed by atoms with Gasteiger partial charge in [0.05, 0.1) is 12.6 Å². The van der Waals surface area contributed by atoms with Crippen molar-refractivity contribution in [3.05, 3.63) is 73.0 Å². The van der Waals surface area contributed by atoms with Crippen molar-refractivity contribution >= 4 is 11.2 Å². The second kappa shape index (κ2) is 9.43. The highest BCUT2D eigenvalue weighted by Gasteiger charge is 2.20. The Morgan fingerprint density at radius 1 is 1.20 bits per heavy atom. The molecule has 3 aromatic rings. The van der Waals surface area contributed by atoms with E-state index < -0.39 is 17.4 Å². The Morgan fingerprint density at radius 3 is 2.60 bits per heavy atom. The van der Waals surface area contributed by atoms with Crippen molar-refractivity contribution in [1.82, 2.24) is 18.7 Å². The minimum absolute atomic E-state index is 0.0277. The van der Waals surface area contributed by atoms with Crippen LogP contribution in [-0.4, -0.2) is 29.9 Å². The molecule has 10 heteroatoms. The zero-order valence-corrected chi connectivity index (χ0v) is 17.1. The standard InChI is InChI=1S/C20H25N7O3/c1-14(28)8-6-7-11-26-19(29)17-18(25(2)20(26)30)23-16(12-22-24-21)27(17)13-15-9-4-3-5-10-15/h3-5,9-10,14,28H,6-8,11-13H2,1-2H3/t14-/m0/s1. The number of aliphatic hydroxyl groups is 1. The first-order valence-electron chi connectivity index (χ1n) is 9.85. The van der Waals surface area contributed by atoms with Crippen LogP contribution in [0.25, 0.3) is 21.6 Å². The molecule has 0 aliphatic rings. The van der Waals surface area contributed by atoms with Crippen LogP contribution in [0, 0.1) is 0 Å². The molecule has 10 nitrogen and oxygen atoms in total. The fourth-order valence-corrected chi connectivity index (χ4v) is 3.48. The SMILES string of the molecule is C[C@H](O)CCCCn1c(=O)c2c(nc(CN=[N+]=[N-])n2Cc2ccccc2)n(C)c1=O. The molecular weight excluding hydrogens is 386 g/mol. The van der Waals surface area contributed by atoms with Crippen molar-refractivity contribution in [2.24, 2.45) is 12.2 Å². The van der Waals surface area contributed by atoms with Gasteiger partial charge in [-0.25, -0.2) is 9.78 Å². The maximum absolute atomic E-state index is 13.3. The van der Waals surface area contributed by atoms with Gasteiger partial charge >= 0.3 is 5.69 Å². The minimum Gasteiger partial charge on any atom is -0.393 e. The van der Waals surface area contributed by atoms with Crippen LogP contribution in [-0.2, 0) is 26.7 Å². The first kappa shape index (κ1) is 21.4. The van der Waals surface area contributed by atoms with Crippen LogP contribution in [0.4, 0.5) is 0 Å². The van der Waals surface area contributed by atoms with Gasteiger partial charge in [-0.2, -0.15) is 0 Å². The molecule has 3 rings (SSSR count). The van der Waals surface area contributed by atoms with E-state index >= 15 is 0 Å². The molecule has 0 fully saturated rings. The number of aliphatic hydroxyl groups excluding tert-OH is 1. The van der Waals surface area contributed by atoms with Crippen LogP contribution in [0.1, 0.15) is 37.6 Å². The Morgan fingerprint density at radius 2 is 1.93 bits per heavy atom. The molecule has 0 saturated heterocycles. The molecule has 158 valence electrons. The van der Waals surface area contributed by atoms with E-state index in [1.54, 1.807) is 18.5 Å². The van der Waals surface area contributed by atoms with Crippen molar-refractivity contribution in [3.8, 4) is 0 Å². The van der Waals surface area contributed by atoms with Crippen molar-refractivity contribution in [1.29, 1.82) is 0 Å². The predicted octanol–water partition coefficient (Wildman–Crippen LogP) is 2.31. The molecular formula is C20H25N7O3. The Labute approximate surface area is 172 Å². The molecule has 0 spiro atoms. The average Bonchev–Trinajstić information content (AvgIpc) is 3.09. The van der Waals surface area contributed by atoms with E-state index in [1.165, 1.54) is 9.13 Å². The van der Waals surface area contributed by atoms with Crippen molar-refractivity contribution < 1.29 is 5.11 Å². The van der Waals surface area contributed by atoms with Gasteiger partial charge in [0.1, 0.15) is 5.82 Å². The van der Waals surface area contributed by atoms with Crippen LogP contribution in [0.2, 0.25) is 0 Å². The number of fused-ring (bicyclic) bond motifs is 1. The van der Waals surface area contributed by atoms with Gasteiger partial charge in [-0.1, -0.05) is 35.4 Å². The summed E-state index contributed by atoms with van der Waals surface area (Å²) in [6.07, 6.45) is 1.50. The van der Waals surface area contributed by atoms with Gasteiger partial charge in [0, 0.05) is 25.0 Å². The zero-order chi connectivity index (χ0) is 21.7. The quantitative estimate of drug-likeness (QED) is 0.250. The molecule has 2 heterocycles. The van der Waals surface area contributed by atoms with Crippen LogP contribution >= 0.6 is 0 Å². The largest absolute Gasteiger partial charge is 0.393 e. The van der Waals surface area contributed by atoms with Gasteiger partial charge in [0.15, 0.2) is 11.2 Å². The van der Waals surface area contributed by atoms with Crippen LogP contribution in [0.5, 0.6) is 0 Å². The topological polar surface area (TPSA) is 131 Å². The summed E-state index contributed by atoms with van der Waals surface area (Å²) >= 11 is 0. The van der Waals surface area contributed by atoms with Gasteiger partial charge in [0.25, 0.3) is 5.56 Å². The van der Waals surface area contributed by atoms with E-state index in [2.05, 4.69) is 15.0 Å². The molecule has 0 amide bonds. The third kappa shape index (κ3) is 4.45. The van der Waals surface area contributed by atoms with E-state index in [9.17, 15) is 14.7 Å². The summed E-state index contributed by atoms with van der Waals surface area (Å²) in [6.45, 7) is 2.31. The van der Waals surface area contributed by atoms with Crippen molar-refractivity contribution in [2.75, 3.05) is 0 Å². The number of benzene rings is 1. The summed E-state index contributed by atoms with van der Waals surface area (Å²) in [4.78, 5) is 33.3. The molecule has 30 heavy (non-hydrogen) atoms. The first-order valence-corrected chi connectivity index (χ1v) is 9.85. The summed E-state index contributed by atoms with van der Waals surface area (Å²) in [5, 5.41) is 13.0. The summed E-state index contributed by atoms with van der Waals surface area (Å²) in [6, 6.07) is 9.56. The van der Waals surface area contributed by atoms with E-state index in [4.69, 9.17) is 5.53 Å². The Bertz CT molecular complexity index is 1190. The van der Waals surface area contributed by atoms with Crippen LogP contribution in [0.3, 0.4) is 0 Å². The molecule has 0 aliphatic carbocycles. The zero-order valence-electron chi connectivity index (χ0n) is 17.1. The number of hydrogen-bond acceptors (Lipinski definition) is 5. The Hall–Kier alpha value is -3.36. The highest BCUT2D eigenvalue weighted by Crippen LogP contribution is 2.15. The van der Waals surface area contributed by atoms with Crippen molar-refractivity contribution in [3.63, 3.8) is 0 Å². The summed E-state index contributed by atoms with van der Waals surface area (Å²) in [5.74, 6) is 0.422. The summed E-state index contributed by atoms with van der Waals surface area (Å²) in [7, 11) is 1.58. The Balaban J connectivity index is 2.12. The van der Waals surface area contributed by atoms with E-state index in [-0.39, 0.29) is 18.7 Å². The molecule has 1 aromatic carbocycles. The molecule has 0 unspecified atom stereocenters. The molecule has 0 saturated carbocycles. The maximum atomic E-state index is 13.3. The number of nitrogens with zero attached hydrogens (tertiary/aromatic N) is 7. The summed E-state index contributed by atoms with van der Waals surface area (Å²) < 4.78 is 4.28. The number of aryl methyl sites for hydroxylation is 1. The number of hydrogen-bond donors (Lipinski definition) is 1. The Kier molecular flexibility index (Phi) is 6.71. The third-order valence-electron chi connectivity index (χ3n) is 5.02. The normalized spacial score (nSPS) is 12.1. The lowest BCUT2D eigenvalue weighted by molar-refractivity contribution is 0.180. The lowest BCUT2D eigenvalue weighted by Gasteiger charge is -2.11. The number of azide groups is 1. The van der Waals surface area contributed by atoms with E-state index in [1.807, 2.05) is 30.3 Å². The third-order valence-corrected chi connectivity index (χ3v) is 5.02. The fourth-order valence-electron chi connectivity index (χ4n) is 3.48. The molecule has 0 aliphatic heterocycles. The predicted molar refractivity (Wildman–Crippen MR) is 113 cm³/mol. The van der Waals surface area contributed by atoms with Gasteiger partial charge in [-0.05, 0) is 37.3 Å². The van der Waals surface area contributed by atoms with Gasteiger partial charge < -0.3 is 9.67 Å². The number of rotatable bonds is 9. The maximum Gasteiger partial charge on any atom is 0.332 e. The second-order valence-corrected chi connectivity index (χ2v) is 7.30. The lowest BCUT2D eigenvalue weighted by Crippen LogP contribution is -2.39. The number of unbranched alkanes of at least 4 members (excludes halogenated alkanes) is 1. The molecule has 0 bridgehead atoms. The smallest absolute Gasteiger partial charge is 0.332 e. The monoisotopic (exact) mass is 411 g/mol. The minimum atomic E-state index is -0.441. The first-order chi connectivity index (χ1) is 14.4. The van der Waals surface area contributed by atoms with Crippen LogP contribution in [0.15, 0.2) is 45.0 Å². The second-order valence-electron chi connectivity index (χ2n) is 7.30. The molecule has 2 aromatic heterocycles. The summed E-state index contributed by atoms with van der Waals surface area (Å²) in [5.41, 5.74) is 9.39. The van der Waals surface area contributed by atoms with Crippen LogP contribution < -0.4 is 11.2 Å². The van der Waals surface area contributed by atoms with E-state index in [0.29, 0.717) is 37.1 Å². The highest BCUT2D eigenvalue weighted by molar-refractivity contribution is 5.71. The molecule has 1 atom stereocenters. The van der Waals surface area contributed by atoms with Crippen molar-refractivity contribution in [2.45, 2.75) is 51.9 Å². The lowest BCUT2D eigenvalue weighted by atomic mass is 10.2. The molecule has 1 N–H and O–H groups in total. The number of imidazole rings is 1. The average molecular weight is 411 g/mol. The fraction of sp³-hybridized carbons (Fsp3) is 0.450. The number of aromatic nitrogens is 4. The highest BCUT2D eigenvalue weighted by atomic mass is 16.3. The van der Waals surface area contributed by atoms with Gasteiger partial charge in [-0.3, -0.25) is 13.9 Å². The van der Waals surface area contributed by atoms with E-state index in [0.717, 1.165) is 5.56 Å².